The van der Waals surface area contributed by atoms with E-state index in [0.29, 0.717) is 35.0 Å². The third kappa shape index (κ3) is 3.94. The van der Waals surface area contributed by atoms with Gasteiger partial charge in [-0.1, -0.05) is 6.07 Å². The van der Waals surface area contributed by atoms with Crippen LogP contribution in [0.15, 0.2) is 46.7 Å². The lowest BCUT2D eigenvalue weighted by atomic mass is 10.2. The van der Waals surface area contributed by atoms with E-state index in [2.05, 4.69) is 4.98 Å². The standard InChI is InChI=1S/C20H18F3N3O2S2/c1-13-2-4-15(21)11-19(13)30(27,28)26-8-6-25(7-9-26)20-24-18(12-29-20)14-3-5-16(22)17(23)10-14/h2-5,10-12H,6-9H2,1H3. The summed E-state index contributed by atoms with van der Waals surface area (Å²) in [6, 6.07) is 7.35. The van der Waals surface area contributed by atoms with Gasteiger partial charge in [0.25, 0.3) is 0 Å². The number of nitrogens with zero attached hydrogens (tertiary/aromatic N) is 3. The highest BCUT2D eigenvalue weighted by atomic mass is 32.2. The molecule has 0 atom stereocenters. The van der Waals surface area contributed by atoms with Gasteiger partial charge in [0.15, 0.2) is 16.8 Å². The molecular weight excluding hydrogens is 435 g/mol. The topological polar surface area (TPSA) is 53.5 Å². The zero-order valence-corrected chi connectivity index (χ0v) is 17.6. The number of hydrogen-bond acceptors (Lipinski definition) is 5. The molecule has 10 heteroatoms. The summed E-state index contributed by atoms with van der Waals surface area (Å²) < 4.78 is 67.4. The van der Waals surface area contributed by atoms with Crippen molar-refractivity contribution in [1.82, 2.24) is 9.29 Å². The molecule has 0 spiro atoms. The molecule has 3 aromatic rings. The van der Waals surface area contributed by atoms with Crippen LogP contribution in [0.5, 0.6) is 0 Å². The van der Waals surface area contributed by atoms with Crippen molar-refractivity contribution in [1.29, 1.82) is 0 Å². The average Bonchev–Trinajstić information content (AvgIpc) is 3.22. The van der Waals surface area contributed by atoms with Gasteiger partial charge < -0.3 is 4.90 Å². The Balaban J connectivity index is 1.48. The van der Waals surface area contributed by atoms with Crippen LogP contribution in [0, 0.1) is 24.4 Å². The normalized spacial score (nSPS) is 15.5. The zero-order valence-electron chi connectivity index (χ0n) is 16.0. The van der Waals surface area contributed by atoms with Gasteiger partial charge in [-0.15, -0.1) is 11.3 Å². The lowest BCUT2D eigenvalue weighted by Gasteiger charge is -2.34. The third-order valence-electron chi connectivity index (χ3n) is 4.98. The van der Waals surface area contributed by atoms with Gasteiger partial charge in [0.05, 0.1) is 10.6 Å². The van der Waals surface area contributed by atoms with Crippen LogP contribution in [-0.2, 0) is 10.0 Å². The van der Waals surface area contributed by atoms with Crippen molar-refractivity contribution in [3.63, 3.8) is 0 Å². The SMILES string of the molecule is Cc1ccc(F)cc1S(=O)(=O)N1CCN(c2nc(-c3ccc(F)c(F)c3)cs2)CC1. The van der Waals surface area contributed by atoms with E-state index in [1.54, 1.807) is 12.3 Å². The Morgan fingerprint density at radius 1 is 0.967 bits per heavy atom. The number of rotatable bonds is 4. The number of anilines is 1. The van der Waals surface area contributed by atoms with Crippen LogP contribution in [0.2, 0.25) is 0 Å². The summed E-state index contributed by atoms with van der Waals surface area (Å²) in [7, 11) is -3.79. The molecule has 0 amide bonds. The minimum Gasteiger partial charge on any atom is -0.345 e. The van der Waals surface area contributed by atoms with E-state index in [4.69, 9.17) is 0 Å². The van der Waals surface area contributed by atoms with Crippen molar-refractivity contribution in [2.24, 2.45) is 0 Å². The highest BCUT2D eigenvalue weighted by Gasteiger charge is 2.30. The molecule has 1 aliphatic heterocycles. The smallest absolute Gasteiger partial charge is 0.243 e. The van der Waals surface area contributed by atoms with E-state index in [9.17, 15) is 21.6 Å². The molecule has 0 bridgehead atoms. The van der Waals surface area contributed by atoms with Gasteiger partial charge >= 0.3 is 0 Å². The van der Waals surface area contributed by atoms with E-state index in [1.807, 2.05) is 4.90 Å². The fraction of sp³-hybridized carbons (Fsp3) is 0.250. The molecule has 30 heavy (non-hydrogen) atoms. The van der Waals surface area contributed by atoms with Crippen LogP contribution in [0.25, 0.3) is 11.3 Å². The van der Waals surface area contributed by atoms with Gasteiger partial charge in [0.1, 0.15) is 5.82 Å². The van der Waals surface area contributed by atoms with Crippen molar-refractivity contribution in [2.45, 2.75) is 11.8 Å². The Kier molecular flexibility index (Phi) is 5.56. The lowest BCUT2D eigenvalue weighted by Crippen LogP contribution is -2.48. The summed E-state index contributed by atoms with van der Waals surface area (Å²) in [4.78, 5) is 6.40. The van der Waals surface area contributed by atoms with Gasteiger partial charge in [-0.05, 0) is 42.8 Å². The maximum absolute atomic E-state index is 13.6. The number of hydrogen-bond donors (Lipinski definition) is 0. The molecule has 1 aromatic heterocycles. The van der Waals surface area contributed by atoms with E-state index in [-0.39, 0.29) is 18.0 Å². The molecule has 2 aromatic carbocycles. The predicted molar refractivity (Wildman–Crippen MR) is 110 cm³/mol. The van der Waals surface area contributed by atoms with Gasteiger partial charge in [0.2, 0.25) is 10.0 Å². The van der Waals surface area contributed by atoms with Crippen LogP contribution in [0.4, 0.5) is 18.3 Å². The number of aromatic nitrogens is 1. The minimum absolute atomic E-state index is 0.0224. The maximum Gasteiger partial charge on any atom is 0.243 e. The zero-order chi connectivity index (χ0) is 21.5. The maximum atomic E-state index is 13.6. The molecular formula is C20H18F3N3O2S2. The second-order valence-corrected chi connectivity index (χ2v) is 9.69. The molecule has 0 aliphatic carbocycles. The molecule has 1 saturated heterocycles. The monoisotopic (exact) mass is 453 g/mol. The first-order valence-corrected chi connectivity index (χ1v) is 11.5. The van der Waals surface area contributed by atoms with Crippen LogP contribution in [0.3, 0.4) is 0 Å². The summed E-state index contributed by atoms with van der Waals surface area (Å²) in [5.74, 6) is -2.45. The van der Waals surface area contributed by atoms with Crippen molar-refractivity contribution in [2.75, 3.05) is 31.1 Å². The van der Waals surface area contributed by atoms with E-state index < -0.39 is 27.5 Å². The second kappa shape index (κ2) is 8.01. The highest BCUT2D eigenvalue weighted by Crippen LogP contribution is 2.30. The molecule has 2 heterocycles. The van der Waals surface area contributed by atoms with E-state index >= 15 is 0 Å². The number of halogens is 3. The Morgan fingerprint density at radius 3 is 2.40 bits per heavy atom. The van der Waals surface area contributed by atoms with Crippen LogP contribution >= 0.6 is 11.3 Å². The molecule has 158 valence electrons. The Morgan fingerprint density at radius 2 is 1.70 bits per heavy atom. The number of piperazine rings is 1. The summed E-state index contributed by atoms with van der Waals surface area (Å²) in [5, 5.41) is 2.43. The molecule has 0 N–H and O–H groups in total. The van der Waals surface area contributed by atoms with Gasteiger partial charge in [-0.25, -0.2) is 26.6 Å². The van der Waals surface area contributed by atoms with Crippen LogP contribution in [-0.4, -0.2) is 43.9 Å². The average molecular weight is 454 g/mol. The van der Waals surface area contributed by atoms with Gasteiger partial charge in [-0.2, -0.15) is 4.31 Å². The van der Waals surface area contributed by atoms with E-state index in [1.165, 1.54) is 33.8 Å². The van der Waals surface area contributed by atoms with Crippen molar-refractivity contribution in [3.8, 4) is 11.3 Å². The van der Waals surface area contributed by atoms with Crippen LogP contribution < -0.4 is 4.90 Å². The number of benzene rings is 2. The number of thiazole rings is 1. The molecule has 0 saturated carbocycles. The summed E-state index contributed by atoms with van der Waals surface area (Å²) >= 11 is 1.35. The predicted octanol–water partition coefficient (Wildman–Crippen LogP) is 4.05. The molecule has 4 rings (SSSR count). The summed E-state index contributed by atoms with van der Waals surface area (Å²) in [5.41, 5.74) is 1.49. The van der Waals surface area contributed by atoms with E-state index in [0.717, 1.165) is 18.2 Å². The molecule has 0 radical (unpaired) electrons. The van der Waals surface area contributed by atoms with Crippen molar-refractivity contribution in [3.05, 3.63) is 64.8 Å². The highest BCUT2D eigenvalue weighted by molar-refractivity contribution is 7.89. The molecule has 5 nitrogen and oxygen atoms in total. The first-order chi connectivity index (χ1) is 14.3. The summed E-state index contributed by atoms with van der Waals surface area (Å²) in [6.07, 6.45) is 0. The second-order valence-electron chi connectivity index (χ2n) is 6.95. The Bertz CT molecular complexity index is 1190. The quantitative estimate of drug-likeness (QED) is 0.598. The fourth-order valence-corrected chi connectivity index (χ4v) is 5.86. The third-order valence-corrected chi connectivity index (χ3v) is 7.93. The van der Waals surface area contributed by atoms with Gasteiger partial charge in [-0.3, -0.25) is 0 Å². The fourth-order valence-electron chi connectivity index (χ4n) is 3.31. The lowest BCUT2D eigenvalue weighted by molar-refractivity contribution is 0.384. The first kappa shape index (κ1) is 20.8. The Hall–Kier alpha value is -2.43. The molecule has 1 aliphatic rings. The van der Waals surface area contributed by atoms with Crippen molar-refractivity contribution >= 4 is 26.5 Å². The number of sulfonamides is 1. The van der Waals surface area contributed by atoms with Crippen LogP contribution in [0.1, 0.15) is 5.56 Å². The van der Waals surface area contributed by atoms with Gasteiger partial charge in [0, 0.05) is 37.1 Å². The Labute approximate surface area is 176 Å². The molecule has 0 unspecified atom stereocenters. The van der Waals surface area contributed by atoms with Crippen molar-refractivity contribution < 1.29 is 21.6 Å². The largest absolute Gasteiger partial charge is 0.345 e. The summed E-state index contributed by atoms with van der Waals surface area (Å²) in [6.45, 7) is 2.94. The first-order valence-electron chi connectivity index (χ1n) is 9.18. The molecule has 1 fully saturated rings. The number of aryl methyl sites for hydroxylation is 1. The minimum atomic E-state index is -3.79.